The topological polar surface area (TPSA) is 75.1 Å². The first-order valence-electron chi connectivity index (χ1n) is 6.52. The molecule has 0 bridgehead atoms. The number of thiophene rings is 1. The average Bonchev–Trinajstić information content (AvgIpc) is 2.83. The number of halogens is 1. The summed E-state index contributed by atoms with van der Waals surface area (Å²) < 4.78 is 0. The molecule has 3 rings (SSSR count). The minimum absolute atomic E-state index is 0.293. The maximum absolute atomic E-state index is 11.2. The van der Waals surface area contributed by atoms with Crippen LogP contribution in [0.5, 0.6) is 0 Å². The van der Waals surface area contributed by atoms with Crippen molar-refractivity contribution < 1.29 is 9.90 Å². The molecule has 5 nitrogen and oxygen atoms in total. The van der Waals surface area contributed by atoms with E-state index in [1.807, 2.05) is 24.3 Å². The van der Waals surface area contributed by atoms with E-state index in [9.17, 15) is 9.90 Å². The lowest BCUT2D eigenvalue weighted by Gasteiger charge is -2.07. The second-order valence-corrected chi connectivity index (χ2v) is 6.18. The number of aryl methyl sites for hydroxylation is 1. The highest BCUT2D eigenvalue weighted by molar-refractivity contribution is 7.20. The number of benzene rings is 1. The Morgan fingerprint density at radius 1 is 1.41 bits per heavy atom. The van der Waals surface area contributed by atoms with Crippen molar-refractivity contribution >= 4 is 44.9 Å². The van der Waals surface area contributed by atoms with E-state index >= 15 is 0 Å². The summed E-state index contributed by atoms with van der Waals surface area (Å²) in [7, 11) is 0. The first-order valence-corrected chi connectivity index (χ1v) is 7.71. The van der Waals surface area contributed by atoms with Gasteiger partial charge in [0.1, 0.15) is 21.9 Å². The van der Waals surface area contributed by atoms with E-state index in [1.54, 1.807) is 6.92 Å². The summed E-state index contributed by atoms with van der Waals surface area (Å²) >= 11 is 7.13. The molecule has 0 saturated carbocycles. The molecule has 2 N–H and O–H groups in total. The second-order valence-electron chi connectivity index (χ2n) is 4.75. The van der Waals surface area contributed by atoms with E-state index in [0.717, 1.165) is 22.3 Å². The molecule has 22 heavy (non-hydrogen) atoms. The van der Waals surface area contributed by atoms with Gasteiger partial charge in [0.05, 0.1) is 5.39 Å². The largest absolute Gasteiger partial charge is 0.477 e. The molecule has 0 aliphatic carbocycles. The zero-order valence-electron chi connectivity index (χ0n) is 11.6. The first-order chi connectivity index (χ1) is 10.6. The third-order valence-electron chi connectivity index (χ3n) is 3.27. The van der Waals surface area contributed by atoms with Crippen LogP contribution in [0.25, 0.3) is 10.2 Å². The van der Waals surface area contributed by atoms with Crippen molar-refractivity contribution in [3.05, 3.63) is 51.6 Å². The Morgan fingerprint density at radius 3 is 2.95 bits per heavy atom. The average molecular weight is 334 g/mol. The number of hydrogen-bond donors (Lipinski definition) is 2. The SMILES string of the molecule is Cc1c(C(=O)O)sc2ncnc(NCc3cccc(Cl)c3)c12. The summed E-state index contributed by atoms with van der Waals surface area (Å²) in [5.41, 5.74) is 1.70. The maximum atomic E-state index is 11.2. The fraction of sp³-hybridized carbons (Fsp3) is 0.133. The lowest BCUT2D eigenvalue weighted by molar-refractivity contribution is 0.0701. The fourth-order valence-electron chi connectivity index (χ4n) is 2.24. The summed E-state index contributed by atoms with van der Waals surface area (Å²) in [5.74, 6) is -0.312. The van der Waals surface area contributed by atoms with Crippen LogP contribution in [-0.2, 0) is 6.54 Å². The van der Waals surface area contributed by atoms with E-state index in [1.165, 1.54) is 6.33 Å². The van der Waals surface area contributed by atoms with Gasteiger partial charge < -0.3 is 10.4 Å². The van der Waals surface area contributed by atoms with Crippen molar-refractivity contribution in [2.45, 2.75) is 13.5 Å². The van der Waals surface area contributed by atoms with Crippen molar-refractivity contribution in [2.75, 3.05) is 5.32 Å². The molecule has 0 aliphatic rings. The first kappa shape index (κ1) is 14.7. The molecular formula is C15H12ClN3O2S. The Bertz CT molecular complexity index is 863. The molecule has 0 saturated heterocycles. The Hall–Kier alpha value is -2.18. The minimum Gasteiger partial charge on any atom is -0.477 e. The molecule has 0 amide bonds. The van der Waals surface area contributed by atoms with Gasteiger partial charge in [-0.2, -0.15) is 0 Å². The summed E-state index contributed by atoms with van der Waals surface area (Å²) in [6.07, 6.45) is 1.43. The predicted molar refractivity (Wildman–Crippen MR) is 87.9 cm³/mol. The Labute approximate surface area is 135 Å². The molecule has 0 fully saturated rings. The van der Waals surface area contributed by atoms with Crippen molar-refractivity contribution in [1.82, 2.24) is 9.97 Å². The van der Waals surface area contributed by atoms with Crippen LogP contribution < -0.4 is 5.32 Å². The highest BCUT2D eigenvalue weighted by Gasteiger charge is 2.18. The van der Waals surface area contributed by atoms with Gasteiger partial charge in [-0.1, -0.05) is 23.7 Å². The predicted octanol–water partition coefficient (Wildman–Crippen LogP) is 3.96. The third-order valence-corrected chi connectivity index (χ3v) is 4.69. The van der Waals surface area contributed by atoms with E-state index in [0.29, 0.717) is 32.7 Å². The van der Waals surface area contributed by atoms with Gasteiger partial charge >= 0.3 is 5.97 Å². The minimum atomic E-state index is -0.943. The number of nitrogens with zero attached hydrogens (tertiary/aromatic N) is 2. The monoisotopic (exact) mass is 333 g/mol. The summed E-state index contributed by atoms with van der Waals surface area (Å²) in [6.45, 7) is 2.32. The number of hydrogen-bond acceptors (Lipinski definition) is 5. The Kier molecular flexibility index (Phi) is 3.96. The lowest BCUT2D eigenvalue weighted by atomic mass is 10.2. The van der Waals surface area contributed by atoms with Gasteiger partial charge in [-0.3, -0.25) is 0 Å². The van der Waals surface area contributed by atoms with Crippen LogP contribution in [0.2, 0.25) is 5.02 Å². The number of anilines is 1. The Balaban J connectivity index is 1.95. The molecule has 0 aliphatic heterocycles. The number of carboxylic acid groups (broad SMARTS) is 1. The van der Waals surface area contributed by atoms with Gasteiger partial charge in [-0.05, 0) is 30.2 Å². The highest BCUT2D eigenvalue weighted by Crippen LogP contribution is 2.33. The van der Waals surface area contributed by atoms with Crippen LogP contribution >= 0.6 is 22.9 Å². The van der Waals surface area contributed by atoms with Crippen LogP contribution in [0, 0.1) is 6.92 Å². The molecule has 7 heteroatoms. The van der Waals surface area contributed by atoms with E-state index in [4.69, 9.17) is 11.6 Å². The fourth-order valence-corrected chi connectivity index (χ4v) is 3.44. The highest BCUT2D eigenvalue weighted by atomic mass is 35.5. The summed E-state index contributed by atoms with van der Waals surface area (Å²) in [6, 6.07) is 7.53. The van der Waals surface area contributed by atoms with Crippen LogP contribution in [0.1, 0.15) is 20.8 Å². The van der Waals surface area contributed by atoms with Crippen LogP contribution in [0.4, 0.5) is 5.82 Å². The van der Waals surface area contributed by atoms with Gasteiger partial charge in [-0.15, -0.1) is 11.3 Å². The molecule has 3 aromatic rings. The van der Waals surface area contributed by atoms with Crippen LogP contribution in [0.15, 0.2) is 30.6 Å². The molecular weight excluding hydrogens is 322 g/mol. The molecule has 2 aromatic heterocycles. The molecule has 0 radical (unpaired) electrons. The number of rotatable bonds is 4. The number of carboxylic acids is 1. The van der Waals surface area contributed by atoms with E-state index < -0.39 is 5.97 Å². The molecule has 2 heterocycles. The van der Waals surface area contributed by atoms with Gasteiger partial charge in [0.15, 0.2) is 0 Å². The van der Waals surface area contributed by atoms with Crippen LogP contribution in [-0.4, -0.2) is 21.0 Å². The van der Waals surface area contributed by atoms with Crippen molar-refractivity contribution in [2.24, 2.45) is 0 Å². The summed E-state index contributed by atoms with van der Waals surface area (Å²) in [4.78, 5) is 20.6. The molecule has 0 spiro atoms. The lowest BCUT2D eigenvalue weighted by Crippen LogP contribution is -2.02. The zero-order chi connectivity index (χ0) is 15.7. The van der Waals surface area contributed by atoms with E-state index in [2.05, 4.69) is 15.3 Å². The van der Waals surface area contributed by atoms with Gasteiger partial charge in [0, 0.05) is 11.6 Å². The molecule has 1 aromatic carbocycles. The standard InChI is InChI=1S/C15H12ClN3O2S/c1-8-11-13(17-6-9-3-2-4-10(16)5-9)18-7-19-14(11)22-12(8)15(20)21/h2-5,7H,6H2,1H3,(H,20,21)(H,17,18,19). The number of nitrogens with one attached hydrogen (secondary N) is 1. The van der Waals surface area contributed by atoms with Gasteiger partial charge in [0.2, 0.25) is 0 Å². The smallest absolute Gasteiger partial charge is 0.346 e. The van der Waals surface area contributed by atoms with Crippen molar-refractivity contribution in [3.8, 4) is 0 Å². The third kappa shape index (κ3) is 2.75. The maximum Gasteiger partial charge on any atom is 0.346 e. The van der Waals surface area contributed by atoms with Crippen LogP contribution in [0.3, 0.4) is 0 Å². The number of carbonyl (C=O) groups is 1. The van der Waals surface area contributed by atoms with E-state index in [-0.39, 0.29) is 0 Å². The summed E-state index contributed by atoms with van der Waals surface area (Å²) in [5, 5.41) is 13.9. The zero-order valence-corrected chi connectivity index (χ0v) is 13.2. The number of aromatic nitrogens is 2. The normalized spacial score (nSPS) is 10.8. The molecule has 0 unspecified atom stereocenters. The quantitative estimate of drug-likeness (QED) is 0.755. The number of fused-ring (bicyclic) bond motifs is 1. The molecule has 0 atom stereocenters. The van der Waals surface area contributed by atoms with Crippen molar-refractivity contribution in [1.29, 1.82) is 0 Å². The second kappa shape index (κ2) is 5.90. The van der Waals surface area contributed by atoms with Gasteiger partial charge in [-0.25, -0.2) is 14.8 Å². The van der Waals surface area contributed by atoms with Crippen molar-refractivity contribution in [3.63, 3.8) is 0 Å². The Morgan fingerprint density at radius 2 is 2.23 bits per heavy atom. The number of aromatic carboxylic acids is 1. The van der Waals surface area contributed by atoms with Gasteiger partial charge in [0.25, 0.3) is 0 Å². The molecule has 112 valence electrons.